The maximum absolute atomic E-state index is 12.5. The zero-order chi connectivity index (χ0) is 20.5. The number of hydrogen-bond acceptors (Lipinski definition) is 7. The van der Waals surface area contributed by atoms with Gasteiger partial charge in [-0.3, -0.25) is 9.78 Å². The molecular formula is C21H23N3O5. The minimum absolute atomic E-state index is 0.246. The molecule has 5 N–H and O–H groups in total. The number of benzene rings is 1. The van der Waals surface area contributed by atoms with Gasteiger partial charge in [0, 0.05) is 11.9 Å². The van der Waals surface area contributed by atoms with Crippen molar-refractivity contribution in [3.05, 3.63) is 59.0 Å². The van der Waals surface area contributed by atoms with Crippen LogP contribution in [0.15, 0.2) is 53.5 Å². The molecule has 0 bridgehead atoms. The summed E-state index contributed by atoms with van der Waals surface area (Å²) >= 11 is 0. The molecule has 1 aliphatic heterocycles. The summed E-state index contributed by atoms with van der Waals surface area (Å²) in [5.74, 6) is 0. The van der Waals surface area contributed by atoms with Crippen LogP contribution in [-0.2, 0) is 4.74 Å². The molecule has 0 aliphatic carbocycles. The molecule has 3 heterocycles. The first kappa shape index (κ1) is 19.5. The summed E-state index contributed by atoms with van der Waals surface area (Å²) < 4.78 is 5.59. The number of fused-ring (bicyclic) bond motifs is 1. The van der Waals surface area contributed by atoms with Crippen molar-refractivity contribution in [3.8, 4) is 11.3 Å². The van der Waals surface area contributed by atoms with Crippen LogP contribution in [0.2, 0.25) is 0 Å². The van der Waals surface area contributed by atoms with Crippen LogP contribution >= 0.6 is 0 Å². The lowest BCUT2D eigenvalue weighted by Crippen LogP contribution is -2.60. The van der Waals surface area contributed by atoms with Crippen molar-refractivity contribution >= 4 is 16.6 Å². The fourth-order valence-electron chi connectivity index (χ4n) is 3.70. The first-order valence-corrected chi connectivity index (χ1v) is 9.45. The van der Waals surface area contributed by atoms with Gasteiger partial charge in [0.1, 0.15) is 18.3 Å². The van der Waals surface area contributed by atoms with Gasteiger partial charge in [-0.2, -0.15) is 0 Å². The fraction of sp³-hybridized carbons (Fsp3) is 0.333. The second-order valence-electron chi connectivity index (χ2n) is 7.24. The van der Waals surface area contributed by atoms with Crippen molar-refractivity contribution in [1.29, 1.82) is 0 Å². The Labute approximate surface area is 166 Å². The number of aliphatic hydroxyl groups excluding tert-OH is 3. The van der Waals surface area contributed by atoms with Crippen molar-refractivity contribution in [1.82, 2.24) is 9.97 Å². The van der Waals surface area contributed by atoms with Crippen molar-refractivity contribution in [2.24, 2.45) is 0 Å². The summed E-state index contributed by atoms with van der Waals surface area (Å²) in [6.45, 7) is 1.39. The highest BCUT2D eigenvalue weighted by Crippen LogP contribution is 2.26. The molecule has 29 heavy (non-hydrogen) atoms. The van der Waals surface area contributed by atoms with E-state index in [4.69, 9.17) is 4.74 Å². The summed E-state index contributed by atoms with van der Waals surface area (Å²) in [6, 6.07) is 12.1. The van der Waals surface area contributed by atoms with Gasteiger partial charge < -0.3 is 30.4 Å². The van der Waals surface area contributed by atoms with E-state index in [1.165, 1.54) is 0 Å². The van der Waals surface area contributed by atoms with E-state index in [0.717, 1.165) is 5.39 Å². The third-order valence-electron chi connectivity index (χ3n) is 5.29. The molecule has 8 heteroatoms. The van der Waals surface area contributed by atoms with Crippen LogP contribution in [0.4, 0.5) is 5.69 Å². The molecule has 1 saturated heterocycles. The lowest BCUT2D eigenvalue weighted by atomic mass is 9.93. The predicted molar refractivity (Wildman–Crippen MR) is 109 cm³/mol. The van der Waals surface area contributed by atoms with Crippen LogP contribution < -0.4 is 10.9 Å². The van der Waals surface area contributed by atoms with Gasteiger partial charge in [0.2, 0.25) is 0 Å². The molecule has 1 aliphatic rings. The van der Waals surface area contributed by atoms with Crippen LogP contribution in [0.3, 0.4) is 0 Å². The topological polar surface area (TPSA) is 128 Å². The summed E-state index contributed by atoms with van der Waals surface area (Å²) in [6.07, 6.45) is -1.93. The molecule has 5 unspecified atom stereocenters. The van der Waals surface area contributed by atoms with Gasteiger partial charge in [-0.15, -0.1) is 0 Å². The number of rotatable bonds is 4. The molecule has 0 saturated carbocycles. The van der Waals surface area contributed by atoms with Crippen LogP contribution in [-0.4, -0.2) is 62.4 Å². The van der Waals surface area contributed by atoms with Crippen LogP contribution in [0.5, 0.6) is 0 Å². The van der Waals surface area contributed by atoms with Gasteiger partial charge in [0.05, 0.1) is 35.5 Å². The molecule has 3 aromatic rings. The standard InChI is InChI=1S/C21H23N3O5/c1-11-18(20(27)19(26)17(10-25)29-11)23-13-6-5-12-8-14(15-4-2-3-7-22-15)21(28)24-16(12)9-13/h2-9,11,17-20,23,25-27H,10H2,1H3,(H,24,28). The number of aliphatic hydroxyl groups is 3. The zero-order valence-corrected chi connectivity index (χ0v) is 15.8. The summed E-state index contributed by atoms with van der Waals surface area (Å²) in [5, 5.41) is 33.8. The van der Waals surface area contributed by atoms with E-state index in [1.807, 2.05) is 18.2 Å². The third kappa shape index (κ3) is 3.75. The van der Waals surface area contributed by atoms with Gasteiger partial charge in [-0.1, -0.05) is 12.1 Å². The number of aromatic nitrogens is 2. The van der Waals surface area contributed by atoms with E-state index >= 15 is 0 Å². The number of hydrogen-bond donors (Lipinski definition) is 5. The Morgan fingerprint density at radius 1 is 1.17 bits per heavy atom. The molecule has 152 valence electrons. The minimum Gasteiger partial charge on any atom is -0.394 e. The Morgan fingerprint density at radius 2 is 2.00 bits per heavy atom. The quantitative estimate of drug-likeness (QED) is 0.442. The Bertz CT molecular complexity index is 1060. The fourth-order valence-corrected chi connectivity index (χ4v) is 3.70. The molecule has 2 aromatic heterocycles. The molecule has 1 fully saturated rings. The maximum Gasteiger partial charge on any atom is 0.257 e. The van der Waals surface area contributed by atoms with Gasteiger partial charge in [-0.25, -0.2) is 0 Å². The van der Waals surface area contributed by atoms with E-state index < -0.39 is 30.5 Å². The third-order valence-corrected chi connectivity index (χ3v) is 5.29. The Morgan fingerprint density at radius 3 is 2.72 bits per heavy atom. The first-order valence-electron chi connectivity index (χ1n) is 9.45. The van der Waals surface area contributed by atoms with E-state index in [2.05, 4.69) is 15.3 Å². The van der Waals surface area contributed by atoms with Gasteiger partial charge >= 0.3 is 0 Å². The summed E-state index contributed by atoms with van der Waals surface area (Å²) in [7, 11) is 0. The molecular weight excluding hydrogens is 374 g/mol. The number of anilines is 1. The number of H-pyrrole nitrogens is 1. The molecule has 0 spiro atoms. The summed E-state index contributed by atoms with van der Waals surface area (Å²) in [5.41, 5.74) is 2.13. The number of pyridine rings is 2. The highest BCUT2D eigenvalue weighted by Gasteiger charge is 2.42. The monoisotopic (exact) mass is 397 g/mol. The number of aromatic amines is 1. The normalized spacial score (nSPS) is 27.1. The number of nitrogens with one attached hydrogen (secondary N) is 2. The van der Waals surface area contributed by atoms with E-state index in [9.17, 15) is 20.1 Å². The minimum atomic E-state index is -1.20. The average Bonchev–Trinajstić information content (AvgIpc) is 2.73. The smallest absolute Gasteiger partial charge is 0.257 e. The van der Waals surface area contributed by atoms with E-state index in [-0.39, 0.29) is 12.2 Å². The highest BCUT2D eigenvalue weighted by atomic mass is 16.5. The van der Waals surface area contributed by atoms with Crippen LogP contribution in [0.1, 0.15) is 6.92 Å². The number of nitrogens with zero attached hydrogens (tertiary/aromatic N) is 1. The Kier molecular flexibility index (Phi) is 5.33. The van der Waals surface area contributed by atoms with Crippen LogP contribution in [0, 0.1) is 0 Å². The lowest BCUT2D eigenvalue weighted by Gasteiger charge is -2.41. The second kappa shape index (κ2) is 7.92. The molecule has 8 nitrogen and oxygen atoms in total. The average molecular weight is 397 g/mol. The second-order valence-corrected chi connectivity index (χ2v) is 7.24. The van der Waals surface area contributed by atoms with Crippen molar-refractivity contribution < 1.29 is 20.1 Å². The first-order chi connectivity index (χ1) is 14.0. The van der Waals surface area contributed by atoms with Crippen molar-refractivity contribution in [2.75, 3.05) is 11.9 Å². The number of ether oxygens (including phenoxy) is 1. The Balaban J connectivity index is 1.62. The molecule has 1 aromatic carbocycles. The highest BCUT2D eigenvalue weighted by molar-refractivity contribution is 5.85. The zero-order valence-electron chi connectivity index (χ0n) is 15.8. The van der Waals surface area contributed by atoms with Crippen molar-refractivity contribution in [2.45, 2.75) is 37.4 Å². The largest absolute Gasteiger partial charge is 0.394 e. The van der Waals surface area contributed by atoms with Gasteiger partial charge in [0.25, 0.3) is 5.56 Å². The van der Waals surface area contributed by atoms with Gasteiger partial charge in [-0.05, 0) is 42.6 Å². The predicted octanol–water partition coefficient (Wildman–Crippen LogP) is 0.872. The SMILES string of the molecule is CC1OC(CO)C(O)C(O)C1Nc1ccc2cc(-c3ccccn3)c(=O)[nH]c2c1. The molecule has 0 radical (unpaired) electrons. The Hall–Kier alpha value is -2.78. The lowest BCUT2D eigenvalue weighted by molar-refractivity contribution is -0.180. The van der Waals surface area contributed by atoms with E-state index in [1.54, 1.807) is 37.4 Å². The maximum atomic E-state index is 12.5. The van der Waals surface area contributed by atoms with Crippen LogP contribution in [0.25, 0.3) is 22.2 Å². The van der Waals surface area contributed by atoms with Crippen molar-refractivity contribution in [3.63, 3.8) is 0 Å². The molecule has 0 amide bonds. The molecule has 5 atom stereocenters. The van der Waals surface area contributed by atoms with E-state index in [0.29, 0.717) is 22.5 Å². The molecule has 4 rings (SSSR count). The summed E-state index contributed by atoms with van der Waals surface area (Å²) in [4.78, 5) is 19.6. The van der Waals surface area contributed by atoms with Gasteiger partial charge in [0.15, 0.2) is 0 Å².